The normalized spacial score (nSPS) is 32.8. The molecule has 0 spiro atoms. The fraction of sp³-hybridized carbons (Fsp3) is 0.632. The molecule has 5 heteroatoms. The number of hydrogen-bond donors (Lipinski definition) is 3. The van der Waals surface area contributed by atoms with Crippen molar-refractivity contribution in [1.82, 2.24) is 0 Å². The van der Waals surface area contributed by atoms with Crippen molar-refractivity contribution in [3.8, 4) is 5.75 Å². The molecule has 1 unspecified atom stereocenters. The van der Waals surface area contributed by atoms with E-state index in [-0.39, 0.29) is 17.9 Å². The van der Waals surface area contributed by atoms with E-state index in [2.05, 4.69) is 6.07 Å². The number of likely N-dealkylation sites (tertiary alicyclic amines) is 1. The number of nitrogens with two attached hydrogens (primary N) is 1. The van der Waals surface area contributed by atoms with Crippen LogP contribution in [0.15, 0.2) is 24.3 Å². The predicted molar refractivity (Wildman–Crippen MR) is 91.8 cm³/mol. The van der Waals surface area contributed by atoms with Crippen molar-refractivity contribution in [1.29, 1.82) is 0 Å². The Balaban J connectivity index is 2.01. The molecule has 0 bridgehead atoms. The lowest BCUT2D eigenvalue weighted by Gasteiger charge is -2.50. The van der Waals surface area contributed by atoms with Gasteiger partial charge < -0.3 is 20.5 Å². The van der Waals surface area contributed by atoms with Crippen molar-refractivity contribution in [3.63, 3.8) is 0 Å². The molecule has 2 fully saturated rings. The van der Waals surface area contributed by atoms with Crippen LogP contribution in [0.25, 0.3) is 0 Å². The number of fused-ring (bicyclic) bond motifs is 1. The van der Waals surface area contributed by atoms with Crippen LogP contribution in [0.5, 0.6) is 5.75 Å². The maximum Gasteiger partial charge on any atom is 0.272 e. The molecule has 1 aromatic carbocycles. The highest BCUT2D eigenvalue weighted by Crippen LogP contribution is 2.45. The molecule has 1 heterocycles. The summed E-state index contributed by atoms with van der Waals surface area (Å²) >= 11 is 0. The van der Waals surface area contributed by atoms with Gasteiger partial charge in [-0.3, -0.25) is 4.79 Å². The Kier molecular flexibility index (Phi) is 5.11. The average molecular weight is 333 g/mol. The molecule has 3 rings (SSSR count). The maximum atomic E-state index is 11.6. The highest BCUT2D eigenvalue weighted by Gasteiger charge is 2.52. The van der Waals surface area contributed by atoms with Gasteiger partial charge in [0.05, 0.1) is 24.3 Å². The molecule has 5 nitrogen and oxygen atoms in total. The maximum absolute atomic E-state index is 11.6. The molecule has 4 atom stereocenters. The predicted octanol–water partition coefficient (Wildman–Crippen LogP) is 0.822. The third-order valence-corrected chi connectivity index (χ3v) is 5.74. The second-order valence-corrected chi connectivity index (χ2v) is 7.21. The van der Waals surface area contributed by atoms with Gasteiger partial charge in [0.1, 0.15) is 11.8 Å². The summed E-state index contributed by atoms with van der Waals surface area (Å²) in [6, 6.07) is 8.10. The van der Waals surface area contributed by atoms with Crippen LogP contribution < -0.4 is 15.4 Å². The Hall–Kier alpha value is -1.59. The number of primary amides is 1. The Bertz CT molecular complexity index is 592. The number of amides is 1. The number of benzene rings is 1. The zero-order valence-corrected chi connectivity index (χ0v) is 14.5. The molecule has 1 amide bonds. The number of ether oxygens (including phenoxy) is 1. The Morgan fingerprint density at radius 1 is 1.38 bits per heavy atom. The molecule has 1 aromatic rings. The third kappa shape index (κ3) is 3.28. The summed E-state index contributed by atoms with van der Waals surface area (Å²) in [5.74, 6) is 0.725. The molecule has 1 aliphatic carbocycles. The molecule has 0 aromatic heterocycles. The number of quaternary nitrogens is 1. The monoisotopic (exact) mass is 333 g/mol. The highest BCUT2D eigenvalue weighted by atomic mass is 16.5. The summed E-state index contributed by atoms with van der Waals surface area (Å²) in [6.07, 6.45) is 4.80. The summed E-state index contributed by atoms with van der Waals surface area (Å²) in [5, 5.41) is 11.2. The third-order valence-electron chi connectivity index (χ3n) is 5.74. The molecular weight excluding hydrogens is 304 g/mol. The SMILES string of the molecule is CCOc1ccccc1[C@H]1[C@H]2CCCC[C@]2(O)CC[NH+]1CC(N)=O. The minimum atomic E-state index is -0.622. The standard InChI is InChI=1S/C19H28N2O3/c1-2-24-16-9-4-3-7-14(16)18-15-8-5-6-10-19(15,23)11-12-21(18)13-17(20)22/h3-4,7,9,15,18,23H,2,5-6,8,10-13H2,1H3,(H2,20,22)/p+1/t15-,18+,19+/m1/s1. The minimum absolute atomic E-state index is 0.0549. The number of para-hydroxylation sites is 1. The first-order valence-electron chi connectivity index (χ1n) is 9.12. The molecule has 24 heavy (non-hydrogen) atoms. The van der Waals surface area contributed by atoms with Crippen molar-refractivity contribution >= 4 is 5.91 Å². The van der Waals surface area contributed by atoms with Crippen molar-refractivity contribution in [2.75, 3.05) is 19.7 Å². The number of hydrogen-bond acceptors (Lipinski definition) is 3. The topological polar surface area (TPSA) is 77.0 Å². The van der Waals surface area contributed by atoms with E-state index in [0.29, 0.717) is 13.2 Å². The van der Waals surface area contributed by atoms with Gasteiger partial charge in [0.2, 0.25) is 0 Å². The van der Waals surface area contributed by atoms with Crippen LogP contribution in [-0.2, 0) is 4.79 Å². The van der Waals surface area contributed by atoms with E-state index in [0.717, 1.165) is 54.9 Å². The van der Waals surface area contributed by atoms with Gasteiger partial charge in [0, 0.05) is 12.3 Å². The van der Waals surface area contributed by atoms with Gasteiger partial charge in [0.25, 0.3) is 5.91 Å². The van der Waals surface area contributed by atoms with Gasteiger partial charge in [0.15, 0.2) is 6.54 Å². The molecule has 2 aliphatic rings. The van der Waals surface area contributed by atoms with Crippen molar-refractivity contribution < 1.29 is 19.5 Å². The van der Waals surface area contributed by atoms with Crippen molar-refractivity contribution in [2.45, 2.75) is 50.7 Å². The molecule has 1 saturated carbocycles. The lowest BCUT2D eigenvalue weighted by atomic mass is 9.66. The molecule has 132 valence electrons. The summed E-state index contributed by atoms with van der Waals surface area (Å²) in [7, 11) is 0. The van der Waals surface area contributed by atoms with E-state index in [1.54, 1.807) is 0 Å². The number of rotatable bonds is 5. The van der Waals surface area contributed by atoms with Crippen molar-refractivity contribution in [3.05, 3.63) is 29.8 Å². The van der Waals surface area contributed by atoms with Crippen LogP contribution in [-0.4, -0.2) is 36.3 Å². The summed E-state index contributed by atoms with van der Waals surface area (Å²) in [5.41, 5.74) is 5.98. The number of aliphatic hydroxyl groups is 1. The van der Waals surface area contributed by atoms with Gasteiger partial charge in [-0.25, -0.2) is 0 Å². The lowest BCUT2D eigenvalue weighted by Crippen LogP contribution is -3.16. The lowest BCUT2D eigenvalue weighted by molar-refractivity contribution is -0.937. The van der Waals surface area contributed by atoms with E-state index >= 15 is 0 Å². The van der Waals surface area contributed by atoms with E-state index in [1.807, 2.05) is 25.1 Å². The molecule has 0 radical (unpaired) electrons. The first-order chi connectivity index (χ1) is 11.5. The van der Waals surface area contributed by atoms with Gasteiger partial charge in [-0.15, -0.1) is 0 Å². The summed E-state index contributed by atoms with van der Waals surface area (Å²) in [4.78, 5) is 12.8. The van der Waals surface area contributed by atoms with Crippen LogP contribution in [0.4, 0.5) is 0 Å². The van der Waals surface area contributed by atoms with Gasteiger partial charge in [-0.2, -0.15) is 0 Å². The van der Waals surface area contributed by atoms with Gasteiger partial charge in [-0.05, 0) is 31.9 Å². The van der Waals surface area contributed by atoms with E-state index in [1.165, 1.54) is 0 Å². The van der Waals surface area contributed by atoms with E-state index in [4.69, 9.17) is 10.5 Å². The number of carbonyl (C=O) groups excluding carboxylic acids is 1. The second-order valence-electron chi connectivity index (χ2n) is 7.21. The zero-order valence-electron chi connectivity index (χ0n) is 14.5. The van der Waals surface area contributed by atoms with Crippen LogP contribution in [0, 0.1) is 5.92 Å². The fourth-order valence-corrected chi connectivity index (χ4v) is 4.74. The van der Waals surface area contributed by atoms with Crippen LogP contribution in [0.1, 0.15) is 50.6 Å². The van der Waals surface area contributed by atoms with Crippen LogP contribution >= 0.6 is 0 Å². The second kappa shape index (κ2) is 7.11. The van der Waals surface area contributed by atoms with Crippen LogP contribution in [0.2, 0.25) is 0 Å². The van der Waals surface area contributed by atoms with E-state index in [9.17, 15) is 9.90 Å². The Morgan fingerprint density at radius 2 is 2.17 bits per heavy atom. The fourth-order valence-electron chi connectivity index (χ4n) is 4.74. The van der Waals surface area contributed by atoms with Crippen molar-refractivity contribution in [2.24, 2.45) is 11.7 Å². The Morgan fingerprint density at radius 3 is 2.92 bits per heavy atom. The highest BCUT2D eigenvalue weighted by molar-refractivity contribution is 5.74. The first kappa shape index (κ1) is 17.2. The number of piperidine rings is 1. The molecule has 4 N–H and O–H groups in total. The minimum Gasteiger partial charge on any atom is -0.493 e. The Labute approximate surface area is 143 Å². The molecular formula is C19H29N2O3+. The average Bonchev–Trinajstić information content (AvgIpc) is 2.55. The quantitative estimate of drug-likeness (QED) is 0.747. The van der Waals surface area contributed by atoms with E-state index < -0.39 is 5.60 Å². The van der Waals surface area contributed by atoms with Gasteiger partial charge in [-0.1, -0.05) is 25.0 Å². The number of nitrogens with one attached hydrogen (secondary N) is 1. The largest absolute Gasteiger partial charge is 0.493 e. The molecule has 1 aliphatic heterocycles. The smallest absolute Gasteiger partial charge is 0.272 e. The first-order valence-corrected chi connectivity index (χ1v) is 9.12. The number of carbonyl (C=O) groups is 1. The zero-order chi connectivity index (χ0) is 17.2. The summed E-state index contributed by atoms with van der Waals surface area (Å²) < 4.78 is 5.85. The summed E-state index contributed by atoms with van der Waals surface area (Å²) in [6.45, 7) is 3.64. The van der Waals surface area contributed by atoms with Crippen LogP contribution in [0.3, 0.4) is 0 Å². The molecule has 1 saturated heterocycles. The van der Waals surface area contributed by atoms with Gasteiger partial charge >= 0.3 is 0 Å².